The van der Waals surface area contributed by atoms with Crippen molar-refractivity contribution in [1.82, 2.24) is 4.90 Å². The molecule has 1 amide bonds. The van der Waals surface area contributed by atoms with E-state index >= 15 is 0 Å². The predicted octanol–water partition coefficient (Wildman–Crippen LogP) is 1.75. The van der Waals surface area contributed by atoms with E-state index in [1.165, 1.54) is 6.42 Å². The van der Waals surface area contributed by atoms with Crippen molar-refractivity contribution in [2.24, 2.45) is 11.1 Å². The van der Waals surface area contributed by atoms with Gasteiger partial charge in [-0.2, -0.15) is 0 Å². The Morgan fingerprint density at radius 1 is 1.15 bits per heavy atom. The van der Waals surface area contributed by atoms with Gasteiger partial charge in [-0.25, -0.2) is 4.79 Å². The van der Waals surface area contributed by atoms with E-state index in [1.807, 2.05) is 0 Å². The molecule has 0 radical (unpaired) electrons. The molecular formula is C15H26N2O3. The topological polar surface area (TPSA) is 83.6 Å². The van der Waals surface area contributed by atoms with Crippen LogP contribution in [0.2, 0.25) is 0 Å². The molecule has 1 atom stereocenters. The Morgan fingerprint density at radius 3 is 2.45 bits per heavy atom. The van der Waals surface area contributed by atoms with Crippen molar-refractivity contribution in [2.45, 2.75) is 63.8 Å². The number of carbonyl (C=O) groups excluding carboxylic acids is 1. The van der Waals surface area contributed by atoms with Crippen LogP contribution in [0.4, 0.5) is 0 Å². The van der Waals surface area contributed by atoms with Gasteiger partial charge in [-0.05, 0) is 44.1 Å². The summed E-state index contributed by atoms with van der Waals surface area (Å²) < 4.78 is 0. The lowest BCUT2D eigenvalue weighted by Crippen LogP contribution is -2.50. The van der Waals surface area contributed by atoms with Gasteiger partial charge in [0, 0.05) is 13.0 Å². The van der Waals surface area contributed by atoms with Gasteiger partial charge in [0.2, 0.25) is 5.91 Å². The molecular weight excluding hydrogens is 256 g/mol. The van der Waals surface area contributed by atoms with Gasteiger partial charge in [0.15, 0.2) is 0 Å². The van der Waals surface area contributed by atoms with Crippen LogP contribution in [0.3, 0.4) is 0 Å². The van der Waals surface area contributed by atoms with Crippen LogP contribution >= 0.6 is 0 Å². The molecule has 1 saturated heterocycles. The van der Waals surface area contributed by atoms with Crippen molar-refractivity contribution in [3.05, 3.63) is 0 Å². The Hall–Kier alpha value is -1.10. The number of hydrogen-bond acceptors (Lipinski definition) is 3. The normalized spacial score (nSPS) is 26.2. The van der Waals surface area contributed by atoms with E-state index in [9.17, 15) is 14.7 Å². The van der Waals surface area contributed by atoms with Crippen molar-refractivity contribution in [2.75, 3.05) is 13.1 Å². The van der Waals surface area contributed by atoms with Crippen molar-refractivity contribution in [3.63, 3.8) is 0 Å². The second-order valence-electron chi connectivity index (χ2n) is 6.38. The molecule has 20 heavy (non-hydrogen) atoms. The summed E-state index contributed by atoms with van der Waals surface area (Å²) >= 11 is 0. The number of nitrogens with zero attached hydrogens (tertiary/aromatic N) is 1. The van der Waals surface area contributed by atoms with Crippen LogP contribution in [0.25, 0.3) is 0 Å². The summed E-state index contributed by atoms with van der Waals surface area (Å²) in [5.74, 6) is -0.882. The van der Waals surface area contributed by atoms with Gasteiger partial charge in [0.05, 0.1) is 0 Å². The molecule has 0 aromatic rings. The molecule has 3 N–H and O–H groups in total. The first kappa shape index (κ1) is 15.3. The second kappa shape index (κ2) is 6.57. The Balaban J connectivity index is 2.03. The molecule has 0 aromatic carbocycles. The molecule has 1 saturated carbocycles. The highest BCUT2D eigenvalue weighted by molar-refractivity contribution is 5.84. The molecule has 114 valence electrons. The van der Waals surface area contributed by atoms with Gasteiger partial charge in [-0.3, -0.25) is 4.79 Å². The number of nitrogens with two attached hydrogens (primary N) is 1. The smallest absolute Gasteiger partial charge is 0.326 e. The summed E-state index contributed by atoms with van der Waals surface area (Å²) in [5, 5.41) is 9.27. The number of aliphatic carboxylic acids is 1. The Labute approximate surface area is 120 Å². The maximum atomic E-state index is 12.6. The molecule has 1 heterocycles. The third-order valence-electron chi connectivity index (χ3n) is 4.98. The maximum absolute atomic E-state index is 12.6. The van der Waals surface area contributed by atoms with Crippen LogP contribution in [0.1, 0.15) is 57.8 Å². The van der Waals surface area contributed by atoms with Gasteiger partial charge < -0.3 is 15.7 Å². The number of amides is 1. The van der Waals surface area contributed by atoms with Crippen LogP contribution in [0, 0.1) is 5.41 Å². The molecule has 2 aliphatic rings. The number of carbonyl (C=O) groups is 2. The fourth-order valence-corrected chi connectivity index (χ4v) is 3.66. The average Bonchev–Trinajstić information content (AvgIpc) is 2.48. The van der Waals surface area contributed by atoms with E-state index in [-0.39, 0.29) is 11.3 Å². The fourth-order valence-electron chi connectivity index (χ4n) is 3.66. The second-order valence-corrected chi connectivity index (χ2v) is 6.38. The van der Waals surface area contributed by atoms with Gasteiger partial charge in [-0.15, -0.1) is 0 Å². The monoisotopic (exact) mass is 282 g/mol. The standard InChI is InChI=1S/C15H26N2O3/c16-11-15(7-3-1-4-8-15)10-13(18)17-9-5-2-6-12(17)14(19)20/h12H,1-11,16H2,(H,19,20). The van der Waals surface area contributed by atoms with Crippen molar-refractivity contribution < 1.29 is 14.7 Å². The lowest BCUT2D eigenvalue weighted by atomic mass is 9.71. The molecule has 0 aromatic heterocycles. The number of piperidine rings is 1. The van der Waals surface area contributed by atoms with Gasteiger partial charge in [-0.1, -0.05) is 19.3 Å². The number of likely N-dealkylation sites (tertiary alicyclic amines) is 1. The van der Waals surface area contributed by atoms with Crippen LogP contribution < -0.4 is 5.73 Å². The predicted molar refractivity (Wildman–Crippen MR) is 76.2 cm³/mol. The first-order chi connectivity index (χ1) is 9.58. The third-order valence-corrected chi connectivity index (χ3v) is 4.98. The van der Waals surface area contributed by atoms with Crippen LogP contribution in [0.15, 0.2) is 0 Å². The van der Waals surface area contributed by atoms with E-state index in [0.29, 0.717) is 25.9 Å². The molecule has 1 aliphatic heterocycles. The lowest BCUT2D eigenvalue weighted by molar-refractivity contribution is -0.153. The molecule has 0 bridgehead atoms. The summed E-state index contributed by atoms with van der Waals surface area (Å²) in [7, 11) is 0. The quantitative estimate of drug-likeness (QED) is 0.823. The Morgan fingerprint density at radius 2 is 1.85 bits per heavy atom. The first-order valence-corrected chi connectivity index (χ1v) is 7.80. The van der Waals surface area contributed by atoms with E-state index in [1.54, 1.807) is 4.90 Å². The molecule has 2 fully saturated rings. The van der Waals surface area contributed by atoms with E-state index in [4.69, 9.17) is 5.73 Å². The molecule has 1 aliphatic carbocycles. The molecule has 5 nitrogen and oxygen atoms in total. The summed E-state index contributed by atoms with van der Waals surface area (Å²) in [6.45, 7) is 1.11. The first-order valence-electron chi connectivity index (χ1n) is 7.80. The van der Waals surface area contributed by atoms with Crippen molar-refractivity contribution in [3.8, 4) is 0 Å². The average molecular weight is 282 g/mol. The minimum absolute atomic E-state index is 0.00977. The zero-order chi connectivity index (χ0) is 14.6. The number of carboxylic acid groups (broad SMARTS) is 1. The van der Waals surface area contributed by atoms with Crippen LogP contribution in [-0.4, -0.2) is 41.0 Å². The summed E-state index contributed by atoms with van der Waals surface area (Å²) in [6.07, 6.45) is 8.29. The third kappa shape index (κ3) is 3.32. The summed E-state index contributed by atoms with van der Waals surface area (Å²) in [4.78, 5) is 25.4. The highest BCUT2D eigenvalue weighted by Crippen LogP contribution is 2.39. The fraction of sp³-hybridized carbons (Fsp3) is 0.867. The molecule has 1 unspecified atom stereocenters. The number of carboxylic acids is 1. The van der Waals surface area contributed by atoms with Crippen LogP contribution in [0.5, 0.6) is 0 Å². The summed E-state index contributed by atoms with van der Waals surface area (Å²) in [6, 6.07) is -0.630. The highest BCUT2D eigenvalue weighted by atomic mass is 16.4. The van der Waals surface area contributed by atoms with E-state index in [2.05, 4.69) is 0 Å². The van der Waals surface area contributed by atoms with Gasteiger partial charge >= 0.3 is 5.97 Å². The SMILES string of the molecule is NCC1(CC(=O)N2CCCCC2C(=O)O)CCCCC1. The van der Waals surface area contributed by atoms with Crippen molar-refractivity contribution in [1.29, 1.82) is 0 Å². The van der Waals surface area contributed by atoms with Crippen LogP contribution in [-0.2, 0) is 9.59 Å². The number of hydrogen-bond donors (Lipinski definition) is 2. The van der Waals surface area contributed by atoms with Crippen molar-refractivity contribution >= 4 is 11.9 Å². The molecule has 2 rings (SSSR count). The molecule has 0 spiro atoms. The minimum Gasteiger partial charge on any atom is -0.480 e. The van der Waals surface area contributed by atoms with Gasteiger partial charge in [0.25, 0.3) is 0 Å². The lowest BCUT2D eigenvalue weighted by Gasteiger charge is -2.39. The van der Waals surface area contributed by atoms with E-state index < -0.39 is 12.0 Å². The zero-order valence-electron chi connectivity index (χ0n) is 12.1. The van der Waals surface area contributed by atoms with E-state index in [0.717, 1.165) is 38.5 Å². The maximum Gasteiger partial charge on any atom is 0.326 e. The Kier molecular flexibility index (Phi) is 5.02. The Bertz CT molecular complexity index is 364. The highest BCUT2D eigenvalue weighted by Gasteiger charge is 2.38. The van der Waals surface area contributed by atoms with Gasteiger partial charge in [0.1, 0.15) is 6.04 Å². The number of rotatable bonds is 4. The molecule has 5 heteroatoms. The summed E-state index contributed by atoms with van der Waals surface area (Å²) in [5.41, 5.74) is 5.84. The minimum atomic E-state index is -0.872. The zero-order valence-corrected chi connectivity index (χ0v) is 12.1. The largest absolute Gasteiger partial charge is 0.480 e.